The van der Waals surface area contributed by atoms with Gasteiger partial charge in [-0.05, 0) is 50.3 Å². The number of carbonyl (C=O) groups is 3. The fraction of sp³-hybridized carbons (Fsp3) is 0.500. The van der Waals surface area contributed by atoms with E-state index in [9.17, 15) is 14.4 Å². The molecule has 1 aliphatic heterocycles. The predicted molar refractivity (Wildman–Crippen MR) is 93.7 cm³/mol. The van der Waals surface area contributed by atoms with Gasteiger partial charge >= 0.3 is 12.0 Å². The van der Waals surface area contributed by atoms with Crippen LogP contribution < -0.4 is 15.5 Å². The zero-order valence-electron chi connectivity index (χ0n) is 14.2. The third kappa shape index (κ3) is 3.60. The molecule has 7 heteroatoms. The zero-order valence-corrected chi connectivity index (χ0v) is 14.2. The fourth-order valence-electron chi connectivity index (χ4n) is 3.55. The minimum Gasteiger partial charge on any atom is -0.481 e. The van der Waals surface area contributed by atoms with Crippen LogP contribution in [0, 0.1) is 12.8 Å². The van der Waals surface area contributed by atoms with Crippen molar-refractivity contribution in [2.75, 3.05) is 16.8 Å². The van der Waals surface area contributed by atoms with Gasteiger partial charge in [-0.1, -0.05) is 6.07 Å². The molecule has 7 nitrogen and oxygen atoms in total. The Morgan fingerprint density at radius 1 is 1.24 bits per heavy atom. The number of hydrogen-bond donors (Lipinski definition) is 3. The van der Waals surface area contributed by atoms with Crippen LogP contribution in [0.25, 0.3) is 0 Å². The van der Waals surface area contributed by atoms with Gasteiger partial charge < -0.3 is 15.7 Å². The Kier molecular flexibility index (Phi) is 4.92. The van der Waals surface area contributed by atoms with Gasteiger partial charge in [0.25, 0.3) is 0 Å². The first-order valence-electron chi connectivity index (χ1n) is 8.67. The smallest absolute Gasteiger partial charge is 0.328 e. The quantitative estimate of drug-likeness (QED) is 0.779. The van der Waals surface area contributed by atoms with Crippen molar-refractivity contribution in [3.05, 3.63) is 23.8 Å². The van der Waals surface area contributed by atoms with Crippen LogP contribution in [0.2, 0.25) is 0 Å². The lowest BCUT2D eigenvalue weighted by Gasteiger charge is -2.30. The van der Waals surface area contributed by atoms with Gasteiger partial charge in [-0.15, -0.1) is 0 Å². The fourth-order valence-corrected chi connectivity index (χ4v) is 3.55. The Hall–Kier alpha value is -2.57. The second-order valence-corrected chi connectivity index (χ2v) is 6.69. The van der Waals surface area contributed by atoms with Crippen LogP contribution in [0.3, 0.4) is 0 Å². The van der Waals surface area contributed by atoms with Crippen LogP contribution in [-0.4, -0.2) is 35.6 Å². The molecule has 1 aliphatic carbocycles. The molecule has 0 aromatic heterocycles. The van der Waals surface area contributed by atoms with Crippen LogP contribution in [0.1, 0.15) is 37.7 Å². The topological polar surface area (TPSA) is 98.7 Å². The summed E-state index contributed by atoms with van der Waals surface area (Å²) in [5, 5.41) is 15.2. The number of hydrogen-bond acceptors (Lipinski definition) is 4. The van der Waals surface area contributed by atoms with E-state index in [1.54, 1.807) is 6.07 Å². The Morgan fingerprint density at radius 2 is 1.96 bits per heavy atom. The van der Waals surface area contributed by atoms with E-state index in [1.165, 1.54) is 4.90 Å². The Labute approximate surface area is 146 Å². The van der Waals surface area contributed by atoms with Crippen molar-refractivity contribution >= 4 is 29.3 Å². The number of anilines is 2. The second kappa shape index (κ2) is 7.13. The highest BCUT2D eigenvalue weighted by Gasteiger charge is 2.30. The number of rotatable bonds is 4. The van der Waals surface area contributed by atoms with E-state index in [1.807, 2.05) is 19.1 Å². The van der Waals surface area contributed by atoms with Crippen LogP contribution >= 0.6 is 0 Å². The lowest BCUT2D eigenvalue weighted by molar-refractivity contribution is -0.142. The third-order valence-electron chi connectivity index (χ3n) is 5.05. The molecule has 2 aliphatic rings. The summed E-state index contributed by atoms with van der Waals surface area (Å²) in [5.74, 6) is -1.17. The molecule has 1 aromatic carbocycles. The largest absolute Gasteiger partial charge is 0.481 e. The number of imide groups is 1. The first kappa shape index (κ1) is 17.3. The van der Waals surface area contributed by atoms with Crippen molar-refractivity contribution in [1.29, 1.82) is 0 Å². The molecule has 25 heavy (non-hydrogen) atoms. The number of amides is 3. The van der Waals surface area contributed by atoms with Gasteiger partial charge in [0.2, 0.25) is 5.91 Å². The zero-order chi connectivity index (χ0) is 18.0. The van der Waals surface area contributed by atoms with E-state index in [-0.39, 0.29) is 17.9 Å². The lowest BCUT2D eigenvalue weighted by Crippen LogP contribution is -2.50. The highest BCUT2D eigenvalue weighted by Crippen LogP contribution is 2.32. The van der Waals surface area contributed by atoms with Gasteiger partial charge in [0.15, 0.2) is 0 Å². The lowest BCUT2D eigenvalue weighted by atomic mass is 9.86. The number of urea groups is 1. The van der Waals surface area contributed by atoms with Gasteiger partial charge in [-0.25, -0.2) is 9.69 Å². The van der Waals surface area contributed by atoms with E-state index < -0.39 is 12.0 Å². The van der Waals surface area contributed by atoms with Crippen LogP contribution in [-0.2, 0) is 9.59 Å². The number of nitrogens with one attached hydrogen (secondary N) is 2. The van der Waals surface area contributed by atoms with Gasteiger partial charge in [0.1, 0.15) is 0 Å². The SMILES string of the molecule is Cc1c(NC2CCC(C(=O)O)CC2)cccc1N1C(=O)CCNC1=O. The summed E-state index contributed by atoms with van der Waals surface area (Å²) in [4.78, 5) is 36.5. The maximum atomic E-state index is 12.1. The van der Waals surface area contributed by atoms with Crippen molar-refractivity contribution in [2.24, 2.45) is 5.92 Å². The molecule has 1 aromatic rings. The number of benzene rings is 1. The molecule has 1 heterocycles. The molecule has 2 fully saturated rings. The third-order valence-corrected chi connectivity index (χ3v) is 5.05. The number of carboxylic acid groups (broad SMARTS) is 1. The van der Waals surface area contributed by atoms with Gasteiger partial charge in [0, 0.05) is 24.7 Å². The molecule has 0 atom stereocenters. The predicted octanol–water partition coefficient (Wildman–Crippen LogP) is 2.50. The number of aliphatic carboxylic acids is 1. The summed E-state index contributed by atoms with van der Waals surface area (Å²) < 4.78 is 0. The molecule has 3 rings (SSSR count). The molecule has 3 N–H and O–H groups in total. The molecule has 0 bridgehead atoms. The van der Waals surface area contributed by atoms with Crippen molar-refractivity contribution in [3.8, 4) is 0 Å². The average Bonchev–Trinajstić information content (AvgIpc) is 2.58. The molecule has 0 unspecified atom stereocenters. The van der Waals surface area contributed by atoms with E-state index in [0.29, 0.717) is 31.5 Å². The highest BCUT2D eigenvalue weighted by atomic mass is 16.4. The average molecular weight is 345 g/mol. The summed E-state index contributed by atoms with van der Waals surface area (Å²) in [6, 6.07) is 5.33. The summed E-state index contributed by atoms with van der Waals surface area (Å²) in [7, 11) is 0. The van der Waals surface area contributed by atoms with Gasteiger partial charge in [-0.2, -0.15) is 0 Å². The standard InChI is InChI=1S/C18H23N3O4/c1-11-14(20-13-7-5-12(6-8-13)17(23)24)3-2-4-15(11)21-16(22)9-10-19-18(21)25/h2-4,12-13,20H,5-10H2,1H3,(H,19,25)(H,23,24). The molecule has 1 saturated heterocycles. The summed E-state index contributed by atoms with van der Waals surface area (Å²) in [6.45, 7) is 2.26. The second-order valence-electron chi connectivity index (χ2n) is 6.69. The van der Waals surface area contributed by atoms with Crippen LogP contribution in [0.5, 0.6) is 0 Å². The number of carboxylic acids is 1. The Bertz CT molecular complexity index is 680. The number of nitrogens with zero attached hydrogens (tertiary/aromatic N) is 1. The van der Waals surface area contributed by atoms with Crippen molar-refractivity contribution < 1.29 is 19.5 Å². The molecule has 134 valence electrons. The molecular weight excluding hydrogens is 322 g/mol. The van der Waals surface area contributed by atoms with E-state index in [4.69, 9.17) is 5.11 Å². The van der Waals surface area contributed by atoms with E-state index in [0.717, 1.165) is 24.1 Å². The minimum absolute atomic E-state index is 0.203. The minimum atomic E-state index is -0.716. The van der Waals surface area contributed by atoms with Crippen molar-refractivity contribution in [2.45, 2.75) is 45.1 Å². The van der Waals surface area contributed by atoms with Crippen molar-refractivity contribution in [3.63, 3.8) is 0 Å². The maximum Gasteiger partial charge on any atom is 0.328 e. The monoisotopic (exact) mass is 345 g/mol. The van der Waals surface area contributed by atoms with Gasteiger partial charge in [-0.3, -0.25) is 9.59 Å². The summed E-state index contributed by atoms with van der Waals surface area (Å²) in [6.07, 6.45) is 3.22. The van der Waals surface area contributed by atoms with E-state index in [2.05, 4.69) is 10.6 Å². The van der Waals surface area contributed by atoms with Crippen LogP contribution in [0.15, 0.2) is 18.2 Å². The first-order chi connectivity index (χ1) is 12.0. The van der Waals surface area contributed by atoms with Gasteiger partial charge in [0.05, 0.1) is 11.6 Å². The Balaban J connectivity index is 1.74. The van der Waals surface area contributed by atoms with Crippen molar-refractivity contribution in [1.82, 2.24) is 5.32 Å². The molecule has 0 spiro atoms. The Morgan fingerprint density at radius 3 is 2.60 bits per heavy atom. The molecule has 0 radical (unpaired) electrons. The molecule has 1 saturated carbocycles. The highest BCUT2D eigenvalue weighted by molar-refractivity contribution is 6.16. The maximum absolute atomic E-state index is 12.1. The van der Waals surface area contributed by atoms with E-state index >= 15 is 0 Å². The van der Waals surface area contributed by atoms with Crippen LogP contribution in [0.4, 0.5) is 16.2 Å². The normalized spacial score (nSPS) is 24.0. The molecule has 3 amide bonds. The first-order valence-corrected chi connectivity index (χ1v) is 8.67. The molecular formula is C18H23N3O4. The summed E-state index contributed by atoms with van der Waals surface area (Å²) in [5.41, 5.74) is 2.31. The summed E-state index contributed by atoms with van der Waals surface area (Å²) >= 11 is 0. The number of carbonyl (C=O) groups excluding carboxylic acids is 2.